The average Bonchev–Trinajstić information content (AvgIpc) is 2.80. The van der Waals surface area contributed by atoms with Crippen molar-refractivity contribution in [3.8, 4) is 0 Å². The number of hydrogen-bond acceptors (Lipinski definition) is 5. The summed E-state index contributed by atoms with van der Waals surface area (Å²) in [4.78, 5) is 39.2. The SMILES string of the molecule is CCn1c(=O)[nH]c2cc(C(=O)NC3(C)CCS(=O)(=O)C3)ccc2c1=O. The van der Waals surface area contributed by atoms with Gasteiger partial charge in [0.1, 0.15) is 0 Å². The summed E-state index contributed by atoms with van der Waals surface area (Å²) >= 11 is 0. The Morgan fingerprint density at radius 2 is 2.08 bits per heavy atom. The van der Waals surface area contributed by atoms with Crippen LogP contribution in [0.3, 0.4) is 0 Å². The second-order valence-corrected chi connectivity index (χ2v) is 8.78. The molecule has 2 heterocycles. The van der Waals surface area contributed by atoms with Gasteiger partial charge in [0.2, 0.25) is 0 Å². The zero-order valence-electron chi connectivity index (χ0n) is 14.0. The Balaban J connectivity index is 1.96. The molecule has 0 saturated carbocycles. The highest BCUT2D eigenvalue weighted by molar-refractivity contribution is 7.91. The number of carbonyl (C=O) groups excluding carboxylic acids is 1. The molecule has 1 amide bonds. The summed E-state index contributed by atoms with van der Waals surface area (Å²) in [6.45, 7) is 3.64. The average molecular weight is 365 g/mol. The summed E-state index contributed by atoms with van der Waals surface area (Å²) in [5.74, 6) is -0.495. The number of sulfone groups is 1. The summed E-state index contributed by atoms with van der Waals surface area (Å²) < 4.78 is 24.4. The van der Waals surface area contributed by atoms with E-state index < -0.39 is 32.5 Å². The van der Waals surface area contributed by atoms with Crippen molar-refractivity contribution < 1.29 is 13.2 Å². The second-order valence-electron chi connectivity index (χ2n) is 6.60. The topological polar surface area (TPSA) is 118 Å². The first kappa shape index (κ1) is 17.4. The van der Waals surface area contributed by atoms with E-state index in [2.05, 4.69) is 10.3 Å². The summed E-state index contributed by atoms with van der Waals surface area (Å²) in [5.41, 5.74) is -1.24. The predicted molar refractivity (Wildman–Crippen MR) is 93.6 cm³/mol. The van der Waals surface area contributed by atoms with Crippen LogP contribution in [-0.2, 0) is 16.4 Å². The fourth-order valence-corrected chi connectivity index (χ4v) is 5.23. The fraction of sp³-hybridized carbons (Fsp3) is 0.438. The number of aromatic nitrogens is 2. The molecule has 2 N–H and O–H groups in total. The van der Waals surface area contributed by atoms with Gasteiger partial charge in [-0.3, -0.25) is 14.2 Å². The number of carbonyl (C=O) groups is 1. The lowest BCUT2D eigenvalue weighted by Crippen LogP contribution is -2.46. The fourth-order valence-electron chi connectivity index (χ4n) is 3.14. The molecule has 0 aliphatic carbocycles. The number of hydrogen-bond donors (Lipinski definition) is 2. The molecule has 25 heavy (non-hydrogen) atoms. The standard InChI is InChI=1S/C16H19N3O5S/c1-3-19-14(21)11-5-4-10(8-12(11)17-15(19)22)13(20)18-16(2)6-7-25(23,24)9-16/h4-5,8H,3,6-7,9H2,1-2H3,(H,17,22)(H,18,20). The molecule has 1 aromatic carbocycles. The molecule has 134 valence electrons. The quantitative estimate of drug-likeness (QED) is 0.795. The molecule has 1 aromatic heterocycles. The van der Waals surface area contributed by atoms with Crippen LogP contribution in [0.5, 0.6) is 0 Å². The van der Waals surface area contributed by atoms with Crippen molar-refractivity contribution in [3.05, 3.63) is 44.6 Å². The maximum absolute atomic E-state index is 12.5. The van der Waals surface area contributed by atoms with Crippen LogP contribution >= 0.6 is 0 Å². The molecular formula is C16H19N3O5S. The van der Waals surface area contributed by atoms with Gasteiger partial charge in [-0.25, -0.2) is 13.2 Å². The first-order valence-electron chi connectivity index (χ1n) is 7.94. The van der Waals surface area contributed by atoms with Gasteiger partial charge in [0.05, 0.1) is 27.9 Å². The molecule has 1 aliphatic rings. The molecular weight excluding hydrogens is 346 g/mol. The highest BCUT2D eigenvalue weighted by atomic mass is 32.2. The highest BCUT2D eigenvalue weighted by Gasteiger charge is 2.39. The molecule has 1 saturated heterocycles. The number of amides is 1. The lowest BCUT2D eigenvalue weighted by molar-refractivity contribution is 0.0915. The van der Waals surface area contributed by atoms with Crippen LogP contribution in [0.4, 0.5) is 0 Å². The Morgan fingerprint density at radius 3 is 2.68 bits per heavy atom. The number of aromatic amines is 1. The van der Waals surface area contributed by atoms with Gasteiger partial charge in [0, 0.05) is 12.1 Å². The molecule has 1 unspecified atom stereocenters. The van der Waals surface area contributed by atoms with Crippen LogP contribution in [0.25, 0.3) is 10.9 Å². The number of nitrogens with zero attached hydrogens (tertiary/aromatic N) is 1. The Hall–Kier alpha value is -2.42. The van der Waals surface area contributed by atoms with E-state index in [0.717, 1.165) is 4.57 Å². The summed E-state index contributed by atoms with van der Waals surface area (Å²) in [5, 5.41) is 3.06. The number of benzene rings is 1. The first-order valence-corrected chi connectivity index (χ1v) is 9.76. The Kier molecular flexibility index (Phi) is 4.06. The van der Waals surface area contributed by atoms with Gasteiger partial charge in [0.15, 0.2) is 9.84 Å². The lowest BCUT2D eigenvalue weighted by Gasteiger charge is -2.23. The molecule has 0 spiro atoms. The molecule has 9 heteroatoms. The van der Waals surface area contributed by atoms with Crippen molar-refractivity contribution >= 4 is 26.6 Å². The van der Waals surface area contributed by atoms with Gasteiger partial charge >= 0.3 is 5.69 Å². The van der Waals surface area contributed by atoms with Crippen LogP contribution in [0.2, 0.25) is 0 Å². The zero-order valence-corrected chi connectivity index (χ0v) is 14.8. The van der Waals surface area contributed by atoms with E-state index in [1.165, 1.54) is 18.2 Å². The Morgan fingerprint density at radius 1 is 1.36 bits per heavy atom. The van der Waals surface area contributed by atoms with Crippen LogP contribution in [0.15, 0.2) is 27.8 Å². The normalized spacial score (nSPS) is 22.2. The Bertz CT molecular complexity index is 1080. The maximum atomic E-state index is 12.5. The molecule has 2 aromatic rings. The van der Waals surface area contributed by atoms with Crippen molar-refractivity contribution in [2.75, 3.05) is 11.5 Å². The molecule has 1 atom stereocenters. The van der Waals surface area contributed by atoms with Crippen molar-refractivity contribution in [1.29, 1.82) is 0 Å². The lowest BCUT2D eigenvalue weighted by atomic mass is 10.0. The van der Waals surface area contributed by atoms with Gasteiger partial charge in [-0.2, -0.15) is 0 Å². The second kappa shape index (κ2) is 5.83. The number of rotatable bonds is 3. The number of nitrogens with one attached hydrogen (secondary N) is 2. The summed E-state index contributed by atoms with van der Waals surface area (Å²) in [6.07, 6.45) is 0.354. The van der Waals surface area contributed by atoms with E-state index in [-0.39, 0.29) is 29.1 Å². The minimum atomic E-state index is -3.14. The summed E-state index contributed by atoms with van der Waals surface area (Å²) in [6, 6.07) is 4.41. The third-order valence-corrected chi connectivity index (χ3v) is 6.38. The van der Waals surface area contributed by atoms with Gasteiger partial charge < -0.3 is 10.3 Å². The molecule has 1 aliphatic heterocycles. The van der Waals surface area contributed by atoms with E-state index in [0.29, 0.717) is 11.8 Å². The molecule has 8 nitrogen and oxygen atoms in total. The minimum absolute atomic E-state index is 0.0470. The Labute approximate surface area is 143 Å². The zero-order chi connectivity index (χ0) is 18.4. The maximum Gasteiger partial charge on any atom is 0.328 e. The smallest absolute Gasteiger partial charge is 0.328 e. The molecule has 3 rings (SSSR count). The minimum Gasteiger partial charge on any atom is -0.346 e. The van der Waals surface area contributed by atoms with E-state index in [9.17, 15) is 22.8 Å². The number of fused-ring (bicyclic) bond motifs is 1. The van der Waals surface area contributed by atoms with E-state index >= 15 is 0 Å². The van der Waals surface area contributed by atoms with E-state index in [1.54, 1.807) is 13.8 Å². The largest absolute Gasteiger partial charge is 0.346 e. The van der Waals surface area contributed by atoms with E-state index in [4.69, 9.17) is 0 Å². The monoisotopic (exact) mass is 365 g/mol. The van der Waals surface area contributed by atoms with Gasteiger partial charge in [-0.05, 0) is 38.5 Å². The first-order chi connectivity index (χ1) is 11.6. The number of H-pyrrole nitrogens is 1. The van der Waals surface area contributed by atoms with Crippen LogP contribution in [0, 0.1) is 0 Å². The summed E-state index contributed by atoms with van der Waals surface area (Å²) in [7, 11) is -3.14. The van der Waals surface area contributed by atoms with Crippen LogP contribution in [0.1, 0.15) is 30.6 Å². The van der Waals surface area contributed by atoms with Crippen molar-refractivity contribution in [2.24, 2.45) is 0 Å². The third-order valence-electron chi connectivity index (χ3n) is 4.48. The highest BCUT2D eigenvalue weighted by Crippen LogP contribution is 2.23. The van der Waals surface area contributed by atoms with Gasteiger partial charge in [0.25, 0.3) is 11.5 Å². The molecule has 0 bridgehead atoms. The molecule has 0 radical (unpaired) electrons. The van der Waals surface area contributed by atoms with Crippen molar-refractivity contribution in [2.45, 2.75) is 32.4 Å². The molecule has 1 fully saturated rings. The third kappa shape index (κ3) is 3.23. The van der Waals surface area contributed by atoms with Gasteiger partial charge in [-0.15, -0.1) is 0 Å². The van der Waals surface area contributed by atoms with E-state index in [1.807, 2.05) is 0 Å². The van der Waals surface area contributed by atoms with Crippen LogP contribution < -0.4 is 16.6 Å². The van der Waals surface area contributed by atoms with Crippen molar-refractivity contribution in [3.63, 3.8) is 0 Å². The predicted octanol–water partition coefficient (Wildman–Crippen LogP) is 0.0167. The van der Waals surface area contributed by atoms with Gasteiger partial charge in [-0.1, -0.05) is 0 Å². The van der Waals surface area contributed by atoms with Crippen LogP contribution in [-0.4, -0.2) is 40.9 Å². The van der Waals surface area contributed by atoms with Crippen molar-refractivity contribution in [1.82, 2.24) is 14.9 Å².